The fraction of sp³-hybridized carbons (Fsp3) is 0.500. The van der Waals surface area contributed by atoms with E-state index in [-0.39, 0.29) is 23.5 Å². The van der Waals surface area contributed by atoms with Crippen LogP contribution in [0.4, 0.5) is 0 Å². The van der Waals surface area contributed by atoms with Crippen LogP contribution in [0.1, 0.15) is 60.0 Å². The van der Waals surface area contributed by atoms with Crippen molar-refractivity contribution < 1.29 is 24.2 Å². The van der Waals surface area contributed by atoms with Crippen LogP contribution in [0.3, 0.4) is 0 Å². The summed E-state index contributed by atoms with van der Waals surface area (Å²) in [5.41, 5.74) is 8.12. The Morgan fingerprint density at radius 2 is 1.74 bits per heavy atom. The van der Waals surface area contributed by atoms with Crippen molar-refractivity contribution in [2.75, 3.05) is 32.8 Å². The standard InChI is InChI=1S/C30H40N4O5/c1-21-5-10-24-26(19-21)39-18-4-15-33-29(38)30(11-2-3-14-32-27(24)36)12-16-34(17-13-30)28(37)25(31)20-22-6-8-23(35)9-7-22/h5-10,19,25,35H,2-4,11-18,20,31H2,1H3,(H,32,36)(H,33,38)/t25-/m0/s1. The van der Waals surface area contributed by atoms with Crippen LogP contribution >= 0.6 is 0 Å². The van der Waals surface area contributed by atoms with Crippen LogP contribution in [-0.2, 0) is 16.0 Å². The molecule has 2 aromatic rings. The predicted octanol–water partition coefficient (Wildman–Crippen LogP) is 2.68. The number of benzene rings is 2. The van der Waals surface area contributed by atoms with Crippen molar-refractivity contribution >= 4 is 17.7 Å². The number of likely N-dealkylation sites (tertiary alicyclic amines) is 1. The van der Waals surface area contributed by atoms with Gasteiger partial charge in [-0.2, -0.15) is 0 Å². The number of amides is 3. The van der Waals surface area contributed by atoms with Crippen LogP contribution in [-0.4, -0.2) is 66.6 Å². The second kappa shape index (κ2) is 13.0. The molecule has 4 rings (SSSR count). The molecule has 9 heteroatoms. The van der Waals surface area contributed by atoms with Gasteiger partial charge in [0.2, 0.25) is 11.8 Å². The minimum absolute atomic E-state index is 0.0261. The number of carbonyl (C=O) groups excluding carboxylic acids is 3. The molecule has 0 bridgehead atoms. The van der Waals surface area contributed by atoms with Gasteiger partial charge in [0.05, 0.1) is 23.6 Å². The number of nitrogens with one attached hydrogen (secondary N) is 2. The number of nitrogens with two attached hydrogens (primary N) is 1. The number of aryl methyl sites for hydroxylation is 1. The van der Waals surface area contributed by atoms with Gasteiger partial charge in [-0.25, -0.2) is 0 Å². The van der Waals surface area contributed by atoms with Crippen LogP contribution in [0.2, 0.25) is 0 Å². The fourth-order valence-corrected chi connectivity index (χ4v) is 5.42. The van der Waals surface area contributed by atoms with E-state index < -0.39 is 11.5 Å². The quantitative estimate of drug-likeness (QED) is 0.477. The highest BCUT2D eigenvalue weighted by Gasteiger charge is 2.42. The summed E-state index contributed by atoms with van der Waals surface area (Å²) in [5, 5.41) is 15.6. The lowest BCUT2D eigenvalue weighted by Crippen LogP contribution is -2.53. The van der Waals surface area contributed by atoms with E-state index in [0.29, 0.717) is 76.2 Å². The Hall–Kier alpha value is -3.59. The van der Waals surface area contributed by atoms with Crippen LogP contribution in [0.5, 0.6) is 11.5 Å². The lowest BCUT2D eigenvalue weighted by Gasteiger charge is -2.41. The Bertz CT molecular complexity index is 1160. The summed E-state index contributed by atoms with van der Waals surface area (Å²) in [7, 11) is 0. The molecular weight excluding hydrogens is 496 g/mol. The maximum atomic E-state index is 13.4. The Labute approximate surface area is 230 Å². The minimum atomic E-state index is -0.679. The van der Waals surface area contributed by atoms with E-state index in [1.807, 2.05) is 19.1 Å². The van der Waals surface area contributed by atoms with Crippen molar-refractivity contribution in [3.63, 3.8) is 0 Å². The number of hydrogen-bond donors (Lipinski definition) is 4. The van der Waals surface area contributed by atoms with Crippen LogP contribution < -0.4 is 21.1 Å². The summed E-state index contributed by atoms with van der Waals surface area (Å²) < 4.78 is 5.92. The molecule has 1 spiro atoms. The van der Waals surface area contributed by atoms with Crippen LogP contribution in [0.25, 0.3) is 0 Å². The molecule has 39 heavy (non-hydrogen) atoms. The van der Waals surface area contributed by atoms with Crippen molar-refractivity contribution in [1.29, 1.82) is 0 Å². The van der Waals surface area contributed by atoms with Gasteiger partial charge in [-0.15, -0.1) is 0 Å². The smallest absolute Gasteiger partial charge is 0.255 e. The van der Waals surface area contributed by atoms with Gasteiger partial charge in [0.15, 0.2) is 0 Å². The molecule has 0 aliphatic carbocycles. The Kier molecular flexibility index (Phi) is 9.45. The molecule has 0 radical (unpaired) electrons. The lowest BCUT2D eigenvalue weighted by molar-refractivity contribution is -0.141. The molecule has 1 atom stereocenters. The summed E-state index contributed by atoms with van der Waals surface area (Å²) in [6, 6.07) is 11.6. The van der Waals surface area contributed by atoms with E-state index in [9.17, 15) is 19.5 Å². The van der Waals surface area contributed by atoms with Crippen molar-refractivity contribution in [2.24, 2.45) is 11.1 Å². The Morgan fingerprint density at radius 1 is 1.03 bits per heavy atom. The van der Waals surface area contributed by atoms with E-state index in [1.165, 1.54) is 0 Å². The van der Waals surface area contributed by atoms with Crippen molar-refractivity contribution in [3.05, 3.63) is 59.2 Å². The summed E-state index contributed by atoms with van der Waals surface area (Å²) >= 11 is 0. The van der Waals surface area contributed by atoms with Gasteiger partial charge >= 0.3 is 0 Å². The zero-order valence-electron chi connectivity index (χ0n) is 22.7. The fourth-order valence-electron chi connectivity index (χ4n) is 5.42. The zero-order valence-corrected chi connectivity index (χ0v) is 22.7. The van der Waals surface area contributed by atoms with Crippen molar-refractivity contribution in [2.45, 2.75) is 57.9 Å². The van der Waals surface area contributed by atoms with Crippen LogP contribution in [0, 0.1) is 12.3 Å². The van der Waals surface area contributed by atoms with E-state index in [0.717, 1.165) is 24.0 Å². The van der Waals surface area contributed by atoms with E-state index >= 15 is 0 Å². The van der Waals surface area contributed by atoms with Gasteiger partial charge in [0, 0.05) is 26.2 Å². The normalized spacial score (nSPS) is 19.5. The molecule has 3 amide bonds. The molecular formula is C30H40N4O5. The topological polar surface area (TPSA) is 134 Å². The van der Waals surface area contributed by atoms with Gasteiger partial charge in [-0.05, 0) is 80.8 Å². The number of piperidine rings is 1. The molecule has 2 aromatic carbocycles. The number of fused-ring (bicyclic) bond motifs is 1. The molecule has 2 aliphatic heterocycles. The first kappa shape index (κ1) is 28.4. The average Bonchev–Trinajstić information content (AvgIpc) is 2.93. The first-order chi connectivity index (χ1) is 18.8. The molecule has 210 valence electrons. The van der Waals surface area contributed by atoms with Crippen LogP contribution in [0.15, 0.2) is 42.5 Å². The van der Waals surface area contributed by atoms with Gasteiger partial charge < -0.3 is 31.1 Å². The van der Waals surface area contributed by atoms with E-state index in [2.05, 4.69) is 10.6 Å². The molecule has 0 saturated carbocycles. The monoisotopic (exact) mass is 536 g/mol. The second-order valence-corrected chi connectivity index (χ2v) is 10.8. The van der Waals surface area contributed by atoms with Gasteiger partial charge in [0.25, 0.3) is 5.91 Å². The molecule has 1 saturated heterocycles. The lowest BCUT2D eigenvalue weighted by atomic mass is 9.73. The molecule has 0 aromatic heterocycles. The highest BCUT2D eigenvalue weighted by molar-refractivity contribution is 5.97. The highest BCUT2D eigenvalue weighted by Crippen LogP contribution is 2.37. The number of carbonyl (C=O) groups is 3. The minimum Gasteiger partial charge on any atom is -0.508 e. The molecule has 1 fully saturated rings. The number of ether oxygens (including phenoxy) is 1. The number of phenolic OH excluding ortho intramolecular Hbond substituents is 1. The summed E-state index contributed by atoms with van der Waals surface area (Å²) in [4.78, 5) is 41.0. The first-order valence-electron chi connectivity index (χ1n) is 13.9. The Balaban J connectivity index is 1.36. The number of rotatable bonds is 3. The average molecular weight is 537 g/mol. The number of nitrogens with zero attached hydrogens (tertiary/aromatic N) is 1. The molecule has 0 unspecified atom stereocenters. The summed E-state index contributed by atoms with van der Waals surface area (Å²) in [5.74, 6) is 0.487. The Morgan fingerprint density at radius 3 is 2.49 bits per heavy atom. The first-order valence-corrected chi connectivity index (χ1v) is 13.9. The third-order valence-corrected chi connectivity index (χ3v) is 7.84. The van der Waals surface area contributed by atoms with E-state index in [4.69, 9.17) is 10.5 Å². The maximum absolute atomic E-state index is 13.4. The SMILES string of the molecule is Cc1ccc2c(c1)OCCCNC(=O)C1(CCCCNC2=O)CCN(C(=O)[C@@H](N)Cc2ccc(O)cc2)CC1. The number of aromatic hydroxyl groups is 1. The molecule has 2 heterocycles. The zero-order chi connectivity index (χ0) is 27.8. The molecule has 2 aliphatic rings. The molecule has 9 nitrogen and oxygen atoms in total. The third kappa shape index (κ3) is 7.29. The maximum Gasteiger partial charge on any atom is 0.255 e. The number of hydrogen-bond acceptors (Lipinski definition) is 6. The third-order valence-electron chi connectivity index (χ3n) is 7.84. The van der Waals surface area contributed by atoms with Gasteiger partial charge in [0.1, 0.15) is 11.5 Å². The van der Waals surface area contributed by atoms with Gasteiger partial charge in [-0.3, -0.25) is 14.4 Å². The highest BCUT2D eigenvalue weighted by atomic mass is 16.5. The predicted molar refractivity (Wildman–Crippen MR) is 149 cm³/mol. The molecule has 5 N–H and O–H groups in total. The van der Waals surface area contributed by atoms with Crippen molar-refractivity contribution in [1.82, 2.24) is 15.5 Å². The summed E-state index contributed by atoms with van der Waals surface area (Å²) in [6.07, 6.45) is 4.39. The second-order valence-electron chi connectivity index (χ2n) is 10.8. The largest absolute Gasteiger partial charge is 0.508 e. The van der Waals surface area contributed by atoms with Crippen molar-refractivity contribution in [3.8, 4) is 11.5 Å². The number of phenols is 1. The van der Waals surface area contributed by atoms with Gasteiger partial charge in [-0.1, -0.05) is 24.6 Å². The summed E-state index contributed by atoms with van der Waals surface area (Å²) in [6.45, 7) is 4.29. The van der Waals surface area contributed by atoms with E-state index in [1.54, 1.807) is 35.2 Å².